The third-order valence-electron chi connectivity index (χ3n) is 3.96. The molecule has 1 rings (SSSR count). The van der Waals surface area contributed by atoms with Crippen molar-refractivity contribution in [2.75, 3.05) is 7.11 Å². The van der Waals surface area contributed by atoms with E-state index in [1.165, 1.54) is 12.8 Å². The first-order valence-corrected chi connectivity index (χ1v) is 5.16. The molecular formula is C12H22O. The molecule has 0 radical (unpaired) electrons. The molecule has 1 fully saturated rings. The first kappa shape index (κ1) is 10.8. The zero-order valence-electron chi connectivity index (χ0n) is 9.39. The second kappa shape index (κ2) is 3.45. The Morgan fingerprint density at radius 1 is 1.54 bits per heavy atom. The van der Waals surface area contributed by atoms with Gasteiger partial charge in [0.1, 0.15) is 0 Å². The van der Waals surface area contributed by atoms with Crippen LogP contribution < -0.4 is 0 Å². The Balaban J connectivity index is 2.97. The summed E-state index contributed by atoms with van der Waals surface area (Å²) in [6, 6.07) is 0. The van der Waals surface area contributed by atoms with E-state index in [4.69, 9.17) is 4.74 Å². The highest BCUT2D eigenvalue weighted by atomic mass is 16.5. The van der Waals surface area contributed by atoms with Crippen LogP contribution in [0.5, 0.6) is 0 Å². The van der Waals surface area contributed by atoms with E-state index in [-0.39, 0.29) is 11.0 Å². The van der Waals surface area contributed by atoms with E-state index in [1.54, 1.807) is 0 Å². The lowest BCUT2D eigenvalue weighted by molar-refractivity contribution is -0.102. The van der Waals surface area contributed by atoms with Gasteiger partial charge in [0.2, 0.25) is 0 Å². The molecule has 13 heavy (non-hydrogen) atoms. The van der Waals surface area contributed by atoms with Gasteiger partial charge in [-0.2, -0.15) is 0 Å². The van der Waals surface area contributed by atoms with E-state index in [1.807, 2.05) is 13.2 Å². The van der Waals surface area contributed by atoms with Gasteiger partial charge in [0.15, 0.2) is 0 Å². The fourth-order valence-corrected chi connectivity index (χ4v) is 2.94. The topological polar surface area (TPSA) is 9.23 Å². The number of rotatable bonds is 3. The van der Waals surface area contributed by atoms with Gasteiger partial charge in [-0.15, -0.1) is 6.58 Å². The molecule has 0 aliphatic heterocycles. The Kier molecular flexibility index (Phi) is 2.86. The predicted octanol–water partition coefficient (Wildman–Crippen LogP) is 3.40. The lowest BCUT2D eigenvalue weighted by Gasteiger charge is -2.42. The fraction of sp³-hybridized carbons (Fsp3) is 0.833. The van der Waals surface area contributed by atoms with Crippen LogP contribution >= 0.6 is 0 Å². The van der Waals surface area contributed by atoms with Gasteiger partial charge < -0.3 is 4.74 Å². The summed E-state index contributed by atoms with van der Waals surface area (Å²) in [6.45, 7) is 10.7. The van der Waals surface area contributed by atoms with E-state index in [0.717, 1.165) is 6.42 Å². The summed E-state index contributed by atoms with van der Waals surface area (Å²) in [4.78, 5) is 0. The Morgan fingerprint density at radius 3 is 2.46 bits per heavy atom. The van der Waals surface area contributed by atoms with Crippen molar-refractivity contribution >= 4 is 0 Å². The molecule has 0 bridgehead atoms. The lowest BCUT2D eigenvalue weighted by Crippen LogP contribution is -2.45. The van der Waals surface area contributed by atoms with Gasteiger partial charge in [-0.25, -0.2) is 0 Å². The van der Waals surface area contributed by atoms with E-state index < -0.39 is 0 Å². The Labute approximate surface area is 82.2 Å². The number of methoxy groups -OCH3 is 1. The van der Waals surface area contributed by atoms with Crippen LogP contribution in [0.1, 0.15) is 40.0 Å². The summed E-state index contributed by atoms with van der Waals surface area (Å²) in [7, 11) is 1.84. The molecule has 0 aromatic rings. The van der Waals surface area contributed by atoms with Crippen LogP contribution in [-0.4, -0.2) is 12.7 Å². The van der Waals surface area contributed by atoms with Crippen LogP contribution in [0.25, 0.3) is 0 Å². The maximum absolute atomic E-state index is 5.80. The van der Waals surface area contributed by atoms with Crippen molar-refractivity contribution in [3.8, 4) is 0 Å². The minimum Gasteiger partial charge on any atom is -0.377 e. The van der Waals surface area contributed by atoms with Crippen molar-refractivity contribution < 1.29 is 4.74 Å². The molecule has 0 aromatic carbocycles. The first-order chi connectivity index (χ1) is 6.00. The number of hydrogen-bond acceptors (Lipinski definition) is 1. The van der Waals surface area contributed by atoms with Crippen molar-refractivity contribution in [1.82, 2.24) is 0 Å². The molecule has 0 N–H and O–H groups in total. The highest BCUT2D eigenvalue weighted by Crippen LogP contribution is 2.53. The molecule has 0 amide bonds. The van der Waals surface area contributed by atoms with Crippen molar-refractivity contribution in [2.45, 2.75) is 45.6 Å². The number of ether oxygens (including phenoxy) is 1. The molecule has 76 valence electrons. The van der Waals surface area contributed by atoms with Crippen LogP contribution in [-0.2, 0) is 4.74 Å². The summed E-state index contributed by atoms with van der Waals surface area (Å²) >= 11 is 0. The Morgan fingerprint density at radius 2 is 2.15 bits per heavy atom. The van der Waals surface area contributed by atoms with Gasteiger partial charge in [-0.3, -0.25) is 0 Å². The van der Waals surface area contributed by atoms with Crippen molar-refractivity contribution in [2.24, 2.45) is 11.3 Å². The standard InChI is InChI=1S/C12H22O/c1-6-8-12(13-5)10(2)7-9-11(12,3)4/h6,10H,1,7-9H2,2-5H3/t10?,12-/m1/s1. The SMILES string of the molecule is C=CC[C@@]1(OC)C(C)CCC1(C)C. The van der Waals surface area contributed by atoms with Gasteiger partial charge in [0, 0.05) is 7.11 Å². The highest BCUT2D eigenvalue weighted by Gasteiger charge is 2.52. The highest BCUT2D eigenvalue weighted by molar-refractivity contribution is 5.06. The van der Waals surface area contributed by atoms with E-state index in [0.29, 0.717) is 5.92 Å². The normalized spacial score (nSPS) is 37.7. The smallest absolute Gasteiger partial charge is 0.0788 e. The zero-order valence-corrected chi connectivity index (χ0v) is 9.39. The lowest BCUT2D eigenvalue weighted by atomic mass is 9.72. The van der Waals surface area contributed by atoms with Crippen LogP contribution in [0.2, 0.25) is 0 Å². The van der Waals surface area contributed by atoms with Crippen LogP contribution in [0, 0.1) is 11.3 Å². The predicted molar refractivity (Wildman–Crippen MR) is 56.7 cm³/mol. The quantitative estimate of drug-likeness (QED) is 0.608. The van der Waals surface area contributed by atoms with Gasteiger partial charge in [-0.05, 0) is 30.6 Å². The average molecular weight is 182 g/mol. The summed E-state index contributed by atoms with van der Waals surface area (Å²) in [6.07, 6.45) is 5.50. The maximum Gasteiger partial charge on any atom is 0.0788 e. The third-order valence-corrected chi connectivity index (χ3v) is 3.96. The Hall–Kier alpha value is -0.300. The molecule has 1 aliphatic rings. The van der Waals surface area contributed by atoms with E-state index >= 15 is 0 Å². The Bertz CT molecular complexity index is 195. The molecular weight excluding hydrogens is 160 g/mol. The molecule has 0 saturated heterocycles. The minimum absolute atomic E-state index is 0.0226. The van der Waals surface area contributed by atoms with Crippen molar-refractivity contribution in [3.63, 3.8) is 0 Å². The third kappa shape index (κ3) is 1.43. The monoisotopic (exact) mass is 182 g/mol. The molecule has 1 saturated carbocycles. The fourth-order valence-electron chi connectivity index (χ4n) is 2.94. The largest absolute Gasteiger partial charge is 0.377 e. The van der Waals surface area contributed by atoms with Gasteiger partial charge in [0.05, 0.1) is 5.60 Å². The molecule has 1 aliphatic carbocycles. The molecule has 0 heterocycles. The van der Waals surface area contributed by atoms with Crippen LogP contribution in [0.4, 0.5) is 0 Å². The average Bonchev–Trinajstić information content (AvgIpc) is 2.29. The molecule has 1 unspecified atom stereocenters. The number of hydrogen-bond donors (Lipinski definition) is 0. The molecule has 0 aromatic heterocycles. The molecule has 1 heteroatoms. The molecule has 2 atom stereocenters. The van der Waals surface area contributed by atoms with Gasteiger partial charge in [0.25, 0.3) is 0 Å². The zero-order chi connectivity index (χ0) is 10.1. The van der Waals surface area contributed by atoms with Crippen LogP contribution in [0.15, 0.2) is 12.7 Å². The van der Waals surface area contributed by atoms with Crippen LogP contribution in [0.3, 0.4) is 0 Å². The summed E-state index contributed by atoms with van der Waals surface area (Å²) < 4.78 is 5.80. The summed E-state index contributed by atoms with van der Waals surface area (Å²) in [5.74, 6) is 0.644. The van der Waals surface area contributed by atoms with Gasteiger partial charge in [-0.1, -0.05) is 26.8 Å². The van der Waals surface area contributed by atoms with Gasteiger partial charge >= 0.3 is 0 Å². The summed E-state index contributed by atoms with van der Waals surface area (Å²) in [5, 5.41) is 0. The first-order valence-electron chi connectivity index (χ1n) is 5.16. The maximum atomic E-state index is 5.80. The van der Waals surface area contributed by atoms with E-state index in [2.05, 4.69) is 27.4 Å². The molecule has 1 nitrogen and oxygen atoms in total. The summed E-state index contributed by atoms with van der Waals surface area (Å²) in [5.41, 5.74) is 0.310. The second-order valence-corrected chi connectivity index (χ2v) is 4.91. The molecule has 0 spiro atoms. The second-order valence-electron chi connectivity index (χ2n) is 4.91. The van der Waals surface area contributed by atoms with Crippen molar-refractivity contribution in [3.05, 3.63) is 12.7 Å². The van der Waals surface area contributed by atoms with Crippen molar-refractivity contribution in [1.29, 1.82) is 0 Å². The van der Waals surface area contributed by atoms with E-state index in [9.17, 15) is 0 Å². The minimum atomic E-state index is 0.0226.